The molecule has 0 aliphatic rings. The maximum absolute atomic E-state index is 13.4. The van der Waals surface area contributed by atoms with Gasteiger partial charge in [0.25, 0.3) is 0 Å². The smallest absolute Gasteiger partial charge is 0.352 e. The van der Waals surface area contributed by atoms with Crippen molar-refractivity contribution >= 4 is 32.8 Å². The van der Waals surface area contributed by atoms with Crippen molar-refractivity contribution in [1.29, 1.82) is 0 Å². The lowest BCUT2D eigenvalue weighted by Crippen LogP contribution is -2.17. The standard InChI is InChI=1S/C26H24BrFN2O3/c1-16-3-9-21-22(14-29-13-18-12-19(27)6-10-24(18)33-2)25(26(31)32)30(23(21)11-16)15-17-4-7-20(28)8-5-17/h3-12,29H,13-15H2,1-2H3,(H,31,32). The van der Waals surface area contributed by atoms with Crippen molar-refractivity contribution in [2.24, 2.45) is 0 Å². The molecule has 0 aliphatic carbocycles. The van der Waals surface area contributed by atoms with Crippen LogP contribution in [0, 0.1) is 12.7 Å². The first-order valence-corrected chi connectivity index (χ1v) is 11.3. The van der Waals surface area contributed by atoms with E-state index in [1.165, 1.54) is 12.1 Å². The number of carboxylic acid groups (broad SMARTS) is 1. The minimum atomic E-state index is -0.997. The zero-order chi connectivity index (χ0) is 23.5. The summed E-state index contributed by atoms with van der Waals surface area (Å²) in [6.45, 7) is 3.19. The molecule has 7 heteroatoms. The van der Waals surface area contributed by atoms with Crippen LogP contribution in [0.1, 0.15) is 32.7 Å². The number of benzene rings is 3. The lowest BCUT2D eigenvalue weighted by atomic mass is 10.1. The Kier molecular flexibility index (Phi) is 6.81. The number of fused-ring (bicyclic) bond motifs is 1. The minimum absolute atomic E-state index is 0.230. The Balaban J connectivity index is 1.71. The fourth-order valence-electron chi connectivity index (χ4n) is 4.10. The van der Waals surface area contributed by atoms with Crippen LogP contribution in [0.25, 0.3) is 10.9 Å². The molecule has 2 N–H and O–H groups in total. The second kappa shape index (κ2) is 9.77. The molecule has 0 bridgehead atoms. The summed E-state index contributed by atoms with van der Waals surface area (Å²) in [6, 6.07) is 17.9. The summed E-state index contributed by atoms with van der Waals surface area (Å²) in [5.74, 6) is -0.556. The molecule has 0 unspecified atom stereocenters. The summed E-state index contributed by atoms with van der Waals surface area (Å²) < 4.78 is 21.6. The van der Waals surface area contributed by atoms with Gasteiger partial charge in [-0.1, -0.05) is 40.2 Å². The zero-order valence-corrected chi connectivity index (χ0v) is 19.9. The average Bonchev–Trinajstić information content (AvgIpc) is 3.08. The van der Waals surface area contributed by atoms with Crippen LogP contribution in [0.3, 0.4) is 0 Å². The van der Waals surface area contributed by atoms with Crippen molar-refractivity contribution in [1.82, 2.24) is 9.88 Å². The highest BCUT2D eigenvalue weighted by Gasteiger charge is 2.22. The molecule has 1 heterocycles. The largest absolute Gasteiger partial charge is 0.496 e. The Hall–Kier alpha value is -3.16. The number of hydrogen-bond acceptors (Lipinski definition) is 3. The van der Waals surface area contributed by atoms with E-state index in [-0.39, 0.29) is 11.5 Å². The number of aromatic nitrogens is 1. The highest BCUT2D eigenvalue weighted by atomic mass is 79.9. The minimum Gasteiger partial charge on any atom is -0.496 e. The molecule has 0 saturated heterocycles. The molecular weight excluding hydrogens is 487 g/mol. The Morgan fingerprint density at radius 3 is 2.55 bits per heavy atom. The van der Waals surface area contributed by atoms with Crippen LogP contribution >= 0.6 is 15.9 Å². The summed E-state index contributed by atoms with van der Waals surface area (Å²) in [6.07, 6.45) is 0. The second-order valence-corrected chi connectivity index (χ2v) is 8.84. The monoisotopic (exact) mass is 510 g/mol. The van der Waals surface area contributed by atoms with E-state index in [9.17, 15) is 14.3 Å². The van der Waals surface area contributed by atoms with Crippen LogP contribution in [-0.4, -0.2) is 22.8 Å². The molecule has 4 aromatic rings. The van der Waals surface area contributed by atoms with Gasteiger partial charge < -0.3 is 19.7 Å². The van der Waals surface area contributed by atoms with Crippen LogP contribution in [0.2, 0.25) is 0 Å². The fourth-order valence-corrected chi connectivity index (χ4v) is 4.51. The van der Waals surface area contributed by atoms with Gasteiger partial charge in [0.05, 0.1) is 7.11 Å². The van der Waals surface area contributed by atoms with Gasteiger partial charge in [0.2, 0.25) is 0 Å². The highest BCUT2D eigenvalue weighted by Crippen LogP contribution is 2.29. The molecule has 33 heavy (non-hydrogen) atoms. The van der Waals surface area contributed by atoms with Crippen molar-refractivity contribution < 1.29 is 19.0 Å². The van der Waals surface area contributed by atoms with Crippen molar-refractivity contribution in [3.63, 3.8) is 0 Å². The zero-order valence-electron chi connectivity index (χ0n) is 18.4. The number of nitrogens with one attached hydrogen (secondary N) is 1. The summed E-state index contributed by atoms with van der Waals surface area (Å²) >= 11 is 3.48. The van der Waals surface area contributed by atoms with Crippen LogP contribution in [-0.2, 0) is 19.6 Å². The van der Waals surface area contributed by atoms with E-state index in [0.717, 1.165) is 37.8 Å². The molecule has 0 spiro atoms. The third-order valence-corrected chi connectivity index (χ3v) is 6.13. The van der Waals surface area contributed by atoms with Gasteiger partial charge in [0.1, 0.15) is 17.3 Å². The Bertz CT molecular complexity index is 1320. The molecule has 5 nitrogen and oxygen atoms in total. The van der Waals surface area contributed by atoms with E-state index < -0.39 is 5.97 Å². The Morgan fingerprint density at radius 1 is 1.09 bits per heavy atom. The molecule has 3 aromatic carbocycles. The van der Waals surface area contributed by atoms with E-state index in [4.69, 9.17) is 4.74 Å². The summed E-state index contributed by atoms with van der Waals surface area (Å²) in [7, 11) is 1.63. The van der Waals surface area contributed by atoms with Crippen LogP contribution in [0.5, 0.6) is 5.75 Å². The molecule has 1 aromatic heterocycles. The molecule has 0 amide bonds. The van der Waals surface area contributed by atoms with Gasteiger partial charge in [0.15, 0.2) is 0 Å². The van der Waals surface area contributed by atoms with Crippen LogP contribution < -0.4 is 10.1 Å². The maximum atomic E-state index is 13.4. The number of ether oxygens (including phenoxy) is 1. The molecule has 0 fully saturated rings. The molecule has 170 valence electrons. The second-order valence-electron chi connectivity index (χ2n) is 7.93. The number of hydrogen-bond donors (Lipinski definition) is 2. The maximum Gasteiger partial charge on any atom is 0.352 e. The van der Waals surface area contributed by atoms with Gasteiger partial charge in [-0.05, 0) is 54.4 Å². The molecular formula is C26H24BrFN2O3. The van der Waals surface area contributed by atoms with Crippen molar-refractivity contribution in [3.05, 3.63) is 98.9 Å². The molecule has 4 rings (SSSR count). The Morgan fingerprint density at radius 2 is 1.85 bits per heavy atom. The first-order chi connectivity index (χ1) is 15.9. The van der Waals surface area contributed by atoms with E-state index in [1.807, 2.05) is 43.3 Å². The number of halogens is 2. The average molecular weight is 511 g/mol. The van der Waals surface area contributed by atoms with E-state index in [0.29, 0.717) is 25.2 Å². The van der Waals surface area contributed by atoms with Crippen LogP contribution in [0.4, 0.5) is 4.39 Å². The normalized spacial score (nSPS) is 11.2. The number of rotatable bonds is 8. The SMILES string of the molecule is COc1ccc(Br)cc1CNCc1c(C(=O)O)n(Cc2ccc(F)cc2)c2cc(C)ccc12. The first-order valence-electron chi connectivity index (χ1n) is 10.5. The lowest BCUT2D eigenvalue weighted by molar-refractivity contribution is 0.0684. The van der Waals surface area contributed by atoms with Gasteiger partial charge in [-0.15, -0.1) is 0 Å². The van der Waals surface area contributed by atoms with Gasteiger partial charge in [-0.3, -0.25) is 0 Å². The topological polar surface area (TPSA) is 63.5 Å². The molecule has 0 radical (unpaired) electrons. The summed E-state index contributed by atoms with van der Waals surface area (Å²) in [5.41, 5.74) is 4.62. The number of aromatic carboxylic acids is 1. The summed E-state index contributed by atoms with van der Waals surface area (Å²) in [4.78, 5) is 12.4. The van der Waals surface area contributed by atoms with E-state index in [2.05, 4.69) is 21.2 Å². The van der Waals surface area contributed by atoms with Gasteiger partial charge >= 0.3 is 5.97 Å². The third-order valence-electron chi connectivity index (χ3n) is 5.64. The van der Waals surface area contributed by atoms with E-state index >= 15 is 0 Å². The molecule has 0 aliphatic heterocycles. The van der Waals surface area contributed by atoms with E-state index in [1.54, 1.807) is 23.8 Å². The van der Waals surface area contributed by atoms with Crippen molar-refractivity contribution in [2.75, 3.05) is 7.11 Å². The number of nitrogens with zero attached hydrogens (tertiary/aromatic N) is 1. The lowest BCUT2D eigenvalue weighted by Gasteiger charge is -2.12. The quantitative estimate of drug-likeness (QED) is 0.310. The van der Waals surface area contributed by atoms with Crippen molar-refractivity contribution in [3.8, 4) is 5.75 Å². The van der Waals surface area contributed by atoms with Crippen molar-refractivity contribution in [2.45, 2.75) is 26.6 Å². The highest BCUT2D eigenvalue weighted by molar-refractivity contribution is 9.10. The van der Waals surface area contributed by atoms with Gasteiger partial charge in [-0.25, -0.2) is 9.18 Å². The number of aryl methyl sites for hydroxylation is 1. The number of carboxylic acids is 1. The number of carbonyl (C=O) groups is 1. The predicted molar refractivity (Wildman–Crippen MR) is 130 cm³/mol. The molecule has 0 saturated carbocycles. The van der Waals surface area contributed by atoms with Gasteiger partial charge in [-0.2, -0.15) is 0 Å². The van der Waals surface area contributed by atoms with Gasteiger partial charge in [0, 0.05) is 46.1 Å². The first kappa shape index (κ1) is 23.0. The summed E-state index contributed by atoms with van der Waals surface area (Å²) in [5, 5.41) is 14.4. The van der Waals surface area contributed by atoms with Crippen LogP contribution in [0.15, 0.2) is 65.1 Å². The molecule has 0 atom stereocenters. The predicted octanol–water partition coefficient (Wildman–Crippen LogP) is 5.90. The third kappa shape index (κ3) is 4.94. The fraction of sp³-hybridized carbons (Fsp3) is 0.192. The number of methoxy groups -OCH3 is 1. The Labute approximate surface area is 199 Å².